The van der Waals surface area contributed by atoms with Crippen LogP contribution in [0.5, 0.6) is 0 Å². The maximum Gasteiger partial charge on any atom is 0.0817 e. The standard InChI is InChI=1S/C11H10N2/c1-2-4-10-8(3-1)9-5-6-12-11(9)7-13-10/h1-4H,5-7H2. The zero-order valence-electron chi connectivity index (χ0n) is 7.33. The Labute approximate surface area is 76.3 Å². The molecule has 0 radical (unpaired) electrons. The second-order valence-corrected chi connectivity index (χ2v) is 3.39. The molecule has 0 aromatic heterocycles. The van der Waals surface area contributed by atoms with Gasteiger partial charge in [0.25, 0.3) is 0 Å². The van der Waals surface area contributed by atoms with Crippen molar-refractivity contribution < 1.29 is 0 Å². The van der Waals surface area contributed by atoms with Gasteiger partial charge >= 0.3 is 0 Å². The molecule has 64 valence electrons. The summed E-state index contributed by atoms with van der Waals surface area (Å²) in [6.07, 6.45) is 1.10. The molecule has 0 N–H and O–H groups in total. The highest BCUT2D eigenvalue weighted by Gasteiger charge is 2.16. The number of para-hydroxylation sites is 1. The first-order valence-corrected chi connectivity index (χ1v) is 4.61. The minimum absolute atomic E-state index is 0.784. The Morgan fingerprint density at radius 3 is 3.00 bits per heavy atom. The molecular formula is C11H10N2. The van der Waals surface area contributed by atoms with E-state index in [1.807, 2.05) is 6.07 Å². The lowest BCUT2D eigenvalue weighted by Crippen LogP contribution is -2.33. The fraction of sp³-hybridized carbons (Fsp3) is 0.273. The van der Waals surface area contributed by atoms with Crippen molar-refractivity contribution in [1.82, 2.24) is 0 Å². The number of benzene rings is 1. The number of aliphatic imine (C=N–C) groups is 1. The summed E-state index contributed by atoms with van der Waals surface area (Å²) in [5, 5.41) is 2.43. The summed E-state index contributed by atoms with van der Waals surface area (Å²) < 4.78 is 0. The van der Waals surface area contributed by atoms with Gasteiger partial charge in [-0.3, -0.25) is 9.98 Å². The topological polar surface area (TPSA) is 24.7 Å². The van der Waals surface area contributed by atoms with Gasteiger partial charge in [-0.1, -0.05) is 18.2 Å². The van der Waals surface area contributed by atoms with Crippen LogP contribution in [0.4, 0.5) is 0 Å². The van der Waals surface area contributed by atoms with Crippen molar-refractivity contribution in [2.75, 3.05) is 13.1 Å². The van der Waals surface area contributed by atoms with Crippen molar-refractivity contribution in [2.24, 2.45) is 9.98 Å². The number of hydrogen-bond donors (Lipinski definition) is 0. The Kier molecular flexibility index (Phi) is 1.36. The van der Waals surface area contributed by atoms with E-state index in [2.05, 4.69) is 28.2 Å². The summed E-state index contributed by atoms with van der Waals surface area (Å²) in [6.45, 7) is 1.74. The predicted octanol–water partition coefficient (Wildman–Crippen LogP) is 0.315. The summed E-state index contributed by atoms with van der Waals surface area (Å²) in [4.78, 5) is 8.93. The molecular weight excluding hydrogens is 160 g/mol. The van der Waals surface area contributed by atoms with Crippen molar-refractivity contribution in [3.05, 3.63) is 34.8 Å². The van der Waals surface area contributed by atoms with Gasteiger partial charge in [0.15, 0.2) is 0 Å². The van der Waals surface area contributed by atoms with Crippen molar-refractivity contribution in [1.29, 1.82) is 0 Å². The lowest BCUT2D eigenvalue weighted by atomic mass is 10.0. The third-order valence-electron chi connectivity index (χ3n) is 2.64. The molecule has 0 saturated carbocycles. The fourth-order valence-electron chi connectivity index (χ4n) is 2.00. The van der Waals surface area contributed by atoms with Gasteiger partial charge in [0, 0.05) is 11.8 Å². The Morgan fingerprint density at radius 2 is 2.00 bits per heavy atom. The fourth-order valence-corrected chi connectivity index (χ4v) is 2.00. The van der Waals surface area contributed by atoms with Gasteiger partial charge < -0.3 is 0 Å². The minimum atomic E-state index is 0.784. The smallest absolute Gasteiger partial charge is 0.0817 e. The molecule has 0 aliphatic carbocycles. The summed E-state index contributed by atoms with van der Waals surface area (Å²) in [5.41, 5.74) is 2.63. The number of fused-ring (bicyclic) bond motifs is 2. The molecule has 0 bridgehead atoms. The second-order valence-electron chi connectivity index (χ2n) is 3.39. The number of rotatable bonds is 0. The van der Waals surface area contributed by atoms with E-state index >= 15 is 0 Å². The van der Waals surface area contributed by atoms with Crippen LogP contribution >= 0.6 is 0 Å². The van der Waals surface area contributed by atoms with Gasteiger partial charge in [0.05, 0.1) is 17.6 Å². The molecule has 1 aromatic carbocycles. The summed E-state index contributed by atoms with van der Waals surface area (Å²) in [7, 11) is 0. The van der Waals surface area contributed by atoms with E-state index in [-0.39, 0.29) is 0 Å². The molecule has 2 nitrogen and oxygen atoms in total. The maximum absolute atomic E-state index is 4.48. The summed E-state index contributed by atoms with van der Waals surface area (Å²) in [5.74, 6) is 0. The van der Waals surface area contributed by atoms with Gasteiger partial charge in [-0.2, -0.15) is 0 Å². The van der Waals surface area contributed by atoms with Crippen LogP contribution in [-0.2, 0) is 0 Å². The largest absolute Gasteiger partial charge is 0.287 e. The molecule has 2 aliphatic heterocycles. The molecule has 0 fully saturated rings. The molecule has 0 atom stereocenters. The third-order valence-corrected chi connectivity index (χ3v) is 2.64. The Bertz CT molecular complexity index is 497. The van der Waals surface area contributed by atoms with Gasteiger partial charge in [0.2, 0.25) is 0 Å². The monoisotopic (exact) mass is 170 g/mol. The first kappa shape index (κ1) is 7.01. The van der Waals surface area contributed by atoms with E-state index in [0.717, 1.165) is 24.9 Å². The lowest BCUT2D eigenvalue weighted by molar-refractivity contribution is 1.07. The van der Waals surface area contributed by atoms with Crippen LogP contribution in [0.2, 0.25) is 0 Å². The van der Waals surface area contributed by atoms with E-state index in [0.29, 0.717) is 0 Å². The molecule has 3 rings (SSSR count). The molecule has 0 saturated heterocycles. The van der Waals surface area contributed by atoms with Crippen LogP contribution in [-0.4, -0.2) is 18.8 Å². The van der Waals surface area contributed by atoms with E-state index in [1.165, 1.54) is 16.5 Å². The molecule has 1 aromatic rings. The first-order valence-electron chi connectivity index (χ1n) is 4.61. The predicted molar refractivity (Wildman–Crippen MR) is 52.4 cm³/mol. The molecule has 2 aliphatic rings. The Hall–Kier alpha value is -1.44. The number of nitrogens with zero attached hydrogens (tertiary/aromatic N) is 2. The Balaban J connectivity index is 2.46. The van der Waals surface area contributed by atoms with Crippen LogP contribution in [0.3, 0.4) is 0 Å². The van der Waals surface area contributed by atoms with Crippen molar-refractivity contribution in [3.8, 4) is 0 Å². The first-order chi connectivity index (χ1) is 6.45. The normalized spacial score (nSPS) is 18.8. The highest BCUT2D eigenvalue weighted by atomic mass is 14.8. The maximum atomic E-state index is 4.48. The highest BCUT2D eigenvalue weighted by molar-refractivity contribution is 6.21. The SMILES string of the molecule is c1ccc2c(c1)=NCC1=NCCC=21. The average molecular weight is 170 g/mol. The van der Waals surface area contributed by atoms with E-state index < -0.39 is 0 Å². The van der Waals surface area contributed by atoms with Crippen LogP contribution in [0.25, 0.3) is 5.57 Å². The molecule has 2 heterocycles. The quantitative estimate of drug-likeness (QED) is 0.535. The number of hydrogen-bond acceptors (Lipinski definition) is 2. The van der Waals surface area contributed by atoms with Crippen LogP contribution in [0.1, 0.15) is 6.42 Å². The van der Waals surface area contributed by atoms with Crippen molar-refractivity contribution in [2.45, 2.75) is 6.42 Å². The Morgan fingerprint density at radius 1 is 1.08 bits per heavy atom. The van der Waals surface area contributed by atoms with Crippen LogP contribution < -0.4 is 10.6 Å². The van der Waals surface area contributed by atoms with E-state index in [1.54, 1.807) is 0 Å². The van der Waals surface area contributed by atoms with Gasteiger partial charge in [-0.25, -0.2) is 0 Å². The second kappa shape index (κ2) is 2.52. The average Bonchev–Trinajstić information content (AvgIpc) is 2.65. The summed E-state index contributed by atoms with van der Waals surface area (Å²) in [6, 6.07) is 8.34. The molecule has 2 heteroatoms. The van der Waals surface area contributed by atoms with Gasteiger partial charge in [-0.05, 0) is 18.1 Å². The minimum Gasteiger partial charge on any atom is -0.287 e. The van der Waals surface area contributed by atoms with Gasteiger partial charge in [0.1, 0.15) is 0 Å². The van der Waals surface area contributed by atoms with E-state index in [4.69, 9.17) is 0 Å². The molecule has 0 amide bonds. The zero-order valence-corrected chi connectivity index (χ0v) is 7.33. The zero-order chi connectivity index (χ0) is 8.67. The van der Waals surface area contributed by atoms with Gasteiger partial charge in [-0.15, -0.1) is 0 Å². The van der Waals surface area contributed by atoms with Crippen LogP contribution in [0.15, 0.2) is 34.3 Å². The van der Waals surface area contributed by atoms with Crippen LogP contribution in [0, 0.1) is 0 Å². The lowest BCUT2D eigenvalue weighted by Gasteiger charge is -2.06. The van der Waals surface area contributed by atoms with E-state index in [9.17, 15) is 0 Å². The third kappa shape index (κ3) is 0.949. The molecule has 0 spiro atoms. The summed E-state index contributed by atoms with van der Waals surface area (Å²) >= 11 is 0. The molecule has 13 heavy (non-hydrogen) atoms. The van der Waals surface area contributed by atoms with Crippen molar-refractivity contribution >= 4 is 11.3 Å². The highest BCUT2D eigenvalue weighted by Crippen LogP contribution is 2.13. The molecule has 0 unspecified atom stereocenters. The van der Waals surface area contributed by atoms with Crippen molar-refractivity contribution in [3.63, 3.8) is 0 Å².